The van der Waals surface area contributed by atoms with Gasteiger partial charge in [0.25, 0.3) is 5.91 Å². The minimum absolute atomic E-state index is 0.0242. The summed E-state index contributed by atoms with van der Waals surface area (Å²) in [6.45, 7) is 7.90. The molecule has 4 heterocycles. The van der Waals surface area contributed by atoms with Crippen molar-refractivity contribution in [1.29, 1.82) is 0 Å². The lowest BCUT2D eigenvalue weighted by Crippen LogP contribution is -2.39. The van der Waals surface area contributed by atoms with Crippen molar-refractivity contribution in [1.82, 2.24) is 14.9 Å². The molecule has 6 nitrogen and oxygen atoms in total. The van der Waals surface area contributed by atoms with Crippen molar-refractivity contribution < 1.29 is 14.3 Å². The molecule has 1 saturated heterocycles. The summed E-state index contributed by atoms with van der Waals surface area (Å²) in [5.41, 5.74) is 3.46. The van der Waals surface area contributed by atoms with E-state index in [2.05, 4.69) is 18.0 Å². The van der Waals surface area contributed by atoms with Gasteiger partial charge in [-0.1, -0.05) is 0 Å². The second kappa shape index (κ2) is 6.27. The lowest BCUT2D eigenvalue weighted by molar-refractivity contribution is -0.0814. The molecular weight excluding hydrogens is 362 g/mol. The number of rotatable bonds is 5. The van der Waals surface area contributed by atoms with E-state index in [0.717, 1.165) is 26.8 Å². The summed E-state index contributed by atoms with van der Waals surface area (Å²) < 4.78 is 11.3. The van der Waals surface area contributed by atoms with Crippen molar-refractivity contribution in [3.63, 3.8) is 0 Å². The third kappa shape index (κ3) is 2.93. The summed E-state index contributed by atoms with van der Waals surface area (Å²) in [5, 5.41) is 1.01. The number of carbonyl (C=O) groups excluding carboxylic acids is 1. The first-order valence-electron chi connectivity index (χ1n) is 9.55. The van der Waals surface area contributed by atoms with Crippen molar-refractivity contribution in [2.24, 2.45) is 5.92 Å². The van der Waals surface area contributed by atoms with E-state index in [4.69, 9.17) is 14.5 Å². The summed E-state index contributed by atoms with van der Waals surface area (Å²) in [6, 6.07) is 2.32. The molecule has 142 valence electrons. The van der Waals surface area contributed by atoms with Gasteiger partial charge in [0.1, 0.15) is 11.7 Å². The first-order chi connectivity index (χ1) is 13.0. The third-order valence-electron chi connectivity index (χ3n) is 5.70. The molecule has 27 heavy (non-hydrogen) atoms. The van der Waals surface area contributed by atoms with Crippen LogP contribution in [0.2, 0.25) is 0 Å². The van der Waals surface area contributed by atoms with Crippen LogP contribution in [0.4, 0.5) is 0 Å². The molecule has 1 aliphatic carbocycles. The molecule has 0 aromatic carbocycles. The summed E-state index contributed by atoms with van der Waals surface area (Å²) in [5.74, 6) is 1.14. The number of carbonyl (C=O) groups is 1. The van der Waals surface area contributed by atoms with Gasteiger partial charge in [-0.3, -0.25) is 4.79 Å². The monoisotopic (exact) mass is 385 g/mol. The molecule has 0 spiro atoms. The van der Waals surface area contributed by atoms with Crippen molar-refractivity contribution in [2.75, 3.05) is 13.2 Å². The van der Waals surface area contributed by atoms with Crippen LogP contribution in [0.1, 0.15) is 46.4 Å². The standard InChI is InChI=1S/C20H23N3O3S/c1-10-18(27-12(3)21-10)16-6-14-7-23(11(2)13-4-5-13)20(24)17(14)19(22-16)26-15-8-25-9-15/h6,11,13,15H,4-5,7-9H2,1-3H3/t11-/m0/s1. The Balaban J connectivity index is 1.57. The highest BCUT2D eigenvalue weighted by Gasteiger charge is 2.41. The van der Waals surface area contributed by atoms with E-state index >= 15 is 0 Å². The van der Waals surface area contributed by atoms with Gasteiger partial charge >= 0.3 is 0 Å². The quantitative estimate of drug-likeness (QED) is 0.790. The maximum atomic E-state index is 13.2. The highest BCUT2D eigenvalue weighted by Crippen LogP contribution is 2.41. The zero-order valence-corrected chi connectivity index (χ0v) is 16.6. The van der Waals surface area contributed by atoms with Crippen molar-refractivity contribution >= 4 is 17.2 Å². The minimum atomic E-state index is -0.0242. The predicted octanol–water partition coefficient (Wildman–Crippen LogP) is 3.35. The number of fused-ring (bicyclic) bond motifs is 1. The van der Waals surface area contributed by atoms with E-state index in [9.17, 15) is 4.79 Å². The van der Waals surface area contributed by atoms with Crippen LogP contribution in [-0.2, 0) is 11.3 Å². The summed E-state index contributed by atoms with van der Waals surface area (Å²) >= 11 is 1.63. The van der Waals surface area contributed by atoms with E-state index in [1.807, 2.05) is 18.7 Å². The molecule has 0 N–H and O–H groups in total. The molecule has 0 bridgehead atoms. The van der Waals surface area contributed by atoms with E-state index in [-0.39, 0.29) is 18.1 Å². The molecule has 2 aromatic rings. The largest absolute Gasteiger partial charge is 0.469 e. The molecule has 0 radical (unpaired) electrons. The zero-order chi connectivity index (χ0) is 18.7. The lowest BCUT2D eigenvalue weighted by atomic mass is 10.1. The number of ether oxygens (including phenoxy) is 2. The highest BCUT2D eigenvalue weighted by molar-refractivity contribution is 7.15. The predicted molar refractivity (Wildman–Crippen MR) is 102 cm³/mol. The fraction of sp³-hybridized carbons (Fsp3) is 0.550. The molecule has 2 aromatic heterocycles. The number of thiazole rings is 1. The molecule has 3 aliphatic rings. The van der Waals surface area contributed by atoms with Gasteiger partial charge in [-0.05, 0) is 51.2 Å². The normalized spacial score (nSPS) is 20.6. The van der Waals surface area contributed by atoms with Crippen LogP contribution in [0, 0.1) is 19.8 Å². The number of hydrogen-bond acceptors (Lipinski definition) is 6. The Labute approximate surface area is 162 Å². The molecule has 0 unspecified atom stereocenters. The molecule has 1 atom stereocenters. The summed E-state index contributed by atoms with van der Waals surface area (Å²) in [7, 11) is 0. The van der Waals surface area contributed by atoms with E-state index in [1.165, 1.54) is 12.8 Å². The van der Waals surface area contributed by atoms with Crippen LogP contribution >= 0.6 is 11.3 Å². The highest BCUT2D eigenvalue weighted by atomic mass is 32.1. The van der Waals surface area contributed by atoms with Crippen LogP contribution in [-0.4, -0.2) is 46.1 Å². The number of hydrogen-bond donors (Lipinski definition) is 0. The average Bonchev–Trinajstić information content (AvgIpc) is 3.32. The van der Waals surface area contributed by atoms with E-state index in [0.29, 0.717) is 37.1 Å². The van der Waals surface area contributed by atoms with Gasteiger partial charge in [0, 0.05) is 12.6 Å². The number of aryl methyl sites for hydroxylation is 2. The van der Waals surface area contributed by atoms with Crippen LogP contribution in [0.15, 0.2) is 6.07 Å². The van der Waals surface area contributed by atoms with Gasteiger partial charge in [0.05, 0.1) is 34.5 Å². The minimum Gasteiger partial charge on any atom is -0.469 e. The first kappa shape index (κ1) is 17.1. The Hall–Kier alpha value is -1.99. The fourth-order valence-corrected chi connectivity index (χ4v) is 4.78. The fourth-order valence-electron chi connectivity index (χ4n) is 3.90. The topological polar surface area (TPSA) is 64.5 Å². The molecule has 2 fully saturated rings. The Bertz CT molecular complexity index is 917. The first-order valence-corrected chi connectivity index (χ1v) is 10.4. The third-order valence-corrected chi connectivity index (χ3v) is 6.80. The summed E-state index contributed by atoms with van der Waals surface area (Å²) in [4.78, 5) is 25.5. The molecule has 1 amide bonds. The van der Waals surface area contributed by atoms with Gasteiger partial charge in [0.2, 0.25) is 5.88 Å². The Morgan fingerprint density at radius 2 is 2.07 bits per heavy atom. The smallest absolute Gasteiger partial charge is 0.260 e. The van der Waals surface area contributed by atoms with Crippen molar-refractivity contribution in [2.45, 2.75) is 52.3 Å². The maximum Gasteiger partial charge on any atom is 0.260 e. The molecule has 5 rings (SSSR count). The number of nitrogens with zero attached hydrogens (tertiary/aromatic N) is 3. The Kier molecular flexibility index (Phi) is 3.98. The number of amides is 1. The van der Waals surface area contributed by atoms with Crippen LogP contribution in [0.5, 0.6) is 5.88 Å². The number of pyridine rings is 1. The second-order valence-corrected chi connectivity index (χ2v) is 8.99. The summed E-state index contributed by atoms with van der Waals surface area (Å²) in [6.07, 6.45) is 2.41. The van der Waals surface area contributed by atoms with Gasteiger partial charge in [0.15, 0.2) is 0 Å². The molecule has 7 heteroatoms. The Morgan fingerprint density at radius 3 is 2.67 bits per heavy atom. The van der Waals surface area contributed by atoms with E-state index < -0.39 is 0 Å². The van der Waals surface area contributed by atoms with Crippen LogP contribution in [0.3, 0.4) is 0 Å². The zero-order valence-electron chi connectivity index (χ0n) is 15.8. The van der Waals surface area contributed by atoms with Crippen molar-refractivity contribution in [3.05, 3.63) is 27.9 Å². The van der Waals surface area contributed by atoms with Crippen LogP contribution in [0.25, 0.3) is 10.6 Å². The van der Waals surface area contributed by atoms with Gasteiger partial charge in [-0.25, -0.2) is 9.97 Å². The maximum absolute atomic E-state index is 13.2. The van der Waals surface area contributed by atoms with Gasteiger partial charge in [-0.2, -0.15) is 0 Å². The molecular formula is C20H23N3O3S. The van der Waals surface area contributed by atoms with Gasteiger partial charge < -0.3 is 14.4 Å². The second-order valence-electron chi connectivity index (χ2n) is 7.78. The SMILES string of the molecule is Cc1nc(C)c(-c2cc3c(c(OC4COC4)n2)C(=O)N([C@@H](C)C2CC2)C3)s1. The van der Waals surface area contributed by atoms with E-state index in [1.54, 1.807) is 11.3 Å². The number of aromatic nitrogens is 2. The van der Waals surface area contributed by atoms with Gasteiger partial charge in [-0.15, -0.1) is 11.3 Å². The Morgan fingerprint density at radius 1 is 1.30 bits per heavy atom. The lowest BCUT2D eigenvalue weighted by Gasteiger charge is -2.27. The van der Waals surface area contributed by atoms with Crippen molar-refractivity contribution in [3.8, 4) is 16.5 Å². The average molecular weight is 385 g/mol. The van der Waals surface area contributed by atoms with Crippen LogP contribution < -0.4 is 4.74 Å². The molecule has 2 aliphatic heterocycles. The molecule has 1 saturated carbocycles.